The van der Waals surface area contributed by atoms with Crippen molar-refractivity contribution < 1.29 is 4.74 Å². The van der Waals surface area contributed by atoms with Crippen LogP contribution < -0.4 is 10.3 Å². The maximum atomic E-state index is 11.8. The summed E-state index contributed by atoms with van der Waals surface area (Å²) in [5.41, 5.74) is 3.56. The van der Waals surface area contributed by atoms with E-state index in [0.717, 1.165) is 62.0 Å². The second kappa shape index (κ2) is 15.3. The molecule has 4 aromatic rings. The SMILES string of the molecule is Cl.Cl.Cn1c(=O)ccc2cc(OCCCCCN(CCc3cccnc3)Cc3ccccc3)ccc21. The number of benzene rings is 2. The van der Waals surface area contributed by atoms with E-state index in [1.165, 1.54) is 11.1 Å². The molecular formula is C29H35Cl2N3O2. The van der Waals surface area contributed by atoms with Gasteiger partial charge in [-0.15, -0.1) is 24.8 Å². The van der Waals surface area contributed by atoms with Gasteiger partial charge in [0, 0.05) is 44.0 Å². The van der Waals surface area contributed by atoms with Crippen molar-refractivity contribution in [2.24, 2.45) is 7.05 Å². The molecule has 192 valence electrons. The molecule has 0 saturated heterocycles. The number of hydrogen-bond donors (Lipinski definition) is 0. The topological polar surface area (TPSA) is 47.4 Å². The van der Waals surface area contributed by atoms with Gasteiger partial charge in [-0.25, -0.2) is 0 Å². The van der Waals surface area contributed by atoms with Gasteiger partial charge in [-0.1, -0.05) is 36.4 Å². The summed E-state index contributed by atoms with van der Waals surface area (Å²) in [6.07, 6.45) is 8.09. The molecule has 0 spiro atoms. The number of unbranched alkanes of at least 4 members (excludes halogenated alkanes) is 2. The Morgan fingerprint density at radius 1 is 0.861 bits per heavy atom. The summed E-state index contributed by atoms with van der Waals surface area (Å²) in [5, 5.41) is 1.02. The fourth-order valence-electron chi connectivity index (χ4n) is 4.20. The third-order valence-electron chi connectivity index (χ3n) is 6.17. The maximum Gasteiger partial charge on any atom is 0.250 e. The Bertz CT molecular complexity index is 1230. The first-order valence-electron chi connectivity index (χ1n) is 12.1. The fraction of sp³-hybridized carbons (Fsp3) is 0.310. The summed E-state index contributed by atoms with van der Waals surface area (Å²) >= 11 is 0. The highest BCUT2D eigenvalue weighted by Crippen LogP contribution is 2.19. The molecule has 0 N–H and O–H groups in total. The van der Waals surface area contributed by atoms with Crippen LogP contribution in [0.2, 0.25) is 0 Å². The van der Waals surface area contributed by atoms with E-state index in [2.05, 4.69) is 46.3 Å². The zero-order valence-corrected chi connectivity index (χ0v) is 22.3. The Morgan fingerprint density at radius 3 is 2.44 bits per heavy atom. The van der Waals surface area contributed by atoms with E-state index in [-0.39, 0.29) is 30.4 Å². The van der Waals surface area contributed by atoms with E-state index < -0.39 is 0 Å². The standard InChI is InChI=1S/C29H33N3O2.2ClH/c1-31-28-14-13-27(21-26(28)12-15-29(31)33)34-20-7-3-6-18-32(23-25-9-4-2-5-10-25)19-16-24-11-8-17-30-22-24;;/h2,4-5,8-15,17,21-22H,3,6-7,16,18-20,23H2,1H3;2*1H. The number of rotatable bonds is 12. The highest BCUT2D eigenvalue weighted by molar-refractivity contribution is 5.85. The van der Waals surface area contributed by atoms with Crippen molar-refractivity contribution in [3.63, 3.8) is 0 Å². The predicted molar refractivity (Wildman–Crippen MR) is 153 cm³/mol. The molecule has 0 fully saturated rings. The molecule has 2 heterocycles. The van der Waals surface area contributed by atoms with Crippen molar-refractivity contribution in [3.8, 4) is 5.75 Å². The Hall–Kier alpha value is -2.86. The van der Waals surface area contributed by atoms with Gasteiger partial charge >= 0.3 is 0 Å². The molecule has 0 saturated carbocycles. The molecule has 7 heteroatoms. The van der Waals surface area contributed by atoms with E-state index in [9.17, 15) is 4.79 Å². The van der Waals surface area contributed by atoms with Crippen LogP contribution in [0, 0.1) is 0 Å². The lowest BCUT2D eigenvalue weighted by Crippen LogP contribution is -2.27. The van der Waals surface area contributed by atoms with E-state index in [4.69, 9.17) is 4.74 Å². The summed E-state index contributed by atoms with van der Waals surface area (Å²) in [5.74, 6) is 0.855. The number of aromatic nitrogens is 2. The van der Waals surface area contributed by atoms with Crippen molar-refractivity contribution in [2.45, 2.75) is 32.2 Å². The van der Waals surface area contributed by atoms with Crippen LogP contribution in [0.1, 0.15) is 30.4 Å². The zero-order valence-electron chi connectivity index (χ0n) is 20.7. The number of aryl methyl sites for hydroxylation is 1. The van der Waals surface area contributed by atoms with E-state index >= 15 is 0 Å². The van der Waals surface area contributed by atoms with Crippen LogP contribution in [0.5, 0.6) is 5.75 Å². The normalized spacial score (nSPS) is 10.6. The predicted octanol–water partition coefficient (Wildman–Crippen LogP) is 6.07. The third kappa shape index (κ3) is 8.66. The number of halogens is 2. The van der Waals surface area contributed by atoms with Crippen LogP contribution in [-0.2, 0) is 20.0 Å². The number of nitrogens with zero attached hydrogens (tertiary/aromatic N) is 3. The lowest BCUT2D eigenvalue weighted by atomic mass is 10.1. The van der Waals surface area contributed by atoms with Gasteiger partial charge in [0.05, 0.1) is 12.1 Å². The van der Waals surface area contributed by atoms with Crippen molar-refractivity contribution in [1.29, 1.82) is 0 Å². The van der Waals surface area contributed by atoms with Gasteiger partial charge in [-0.05, 0) is 73.7 Å². The smallest absolute Gasteiger partial charge is 0.250 e. The highest BCUT2D eigenvalue weighted by atomic mass is 35.5. The first kappa shape index (κ1) is 29.4. The van der Waals surface area contributed by atoms with Crippen molar-refractivity contribution >= 4 is 35.7 Å². The molecule has 0 radical (unpaired) electrons. The molecule has 4 rings (SSSR count). The molecule has 2 aromatic heterocycles. The summed E-state index contributed by atoms with van der Waals surface area (Å²) in [6.45, 7) is 3.76. The molecule has 5 nitrogen and oxygen atoms in total. The number of hydrogen-bond acceptors (Lipinski definition) is 4. The Labute approximate surface area is 226 Å². The quantitative estimate of drug-likeness (QED) is 0.210. The van der Waals surface area contributed by atoms with Crippen LogP contribution in [0.15, 0.2) is 90.0 Å². The Kier molecular flexibility index (Phi) is 12.5. The van der Waals surface area contributed by atoms with Gasteiger partial charge in [-0.2, -0.15) is 0 Å². The highest BCUT2D eigenvalue weighted by Gasteiger charge is 2.07. The zero-order chi connectivity index (χ0) is 23.6. The van der Waals surface area contributed by atoms with Gasteiger partial charge in [0.15, 0.2) is 0 Å². The molecule has 0 bridgehead atoms. The van der Waals surface area contributed by atoms with Crippen molar-refractivity contribution in [2.75, 3.05) is 19.7 Å². The average Bonchev–Trinajstić information content (AvgIpc) is 2.88. The number of fused-ring (bicyclic) bond motifs is 1. The minimum Gasteiger partial charge on any atom is -0.494 e. The minimum absolute atomic E-state index is 0. The van der Waals surface area contributed by atoms with Gasteiger partial charge in [-0.3, -0.25) is 14.7 Å². The second-order valence-electron chi connectivity index (χ2n) is 8.73. The monoisotopic (exact) mass is 527 g/mol. The van der Waals surface area contributed by atoms with Gasteiger partial charge in [0.1, 0.15) is 5.75 Å². The van der Waals surface area contributed by atoms with E-state index in [0.29, 0.717) is 6.61 Å². The van der Waals surface area contributed by atoms with Crippen molar-refractivity contribution in [3.05, 3.63) is 107 Å². The van der Waals surface area contributed by atoms with E-state index in [1.807, 2.05) is 42.7 Å². The van der Waals surface area contributed by atoms with Gasteiger partial charge in [0.25, 0.3) is 5.56 Å². The summed E-state index contributed by atoms with van der Waals surface area (Å²) in [6, 6.07) is 24.2. The van der Waals surface area contributed by atoms with Crippen LogP contribution in [0.4, 0.5) is 0 Å². The molecule has 0 amide bonds. The van der Waals surface area contributed by atoms with Crippen LogP contribution >= 0.6 is 24.8 Å². The maximum absolute atomic E-state index is 11.8. The van der Waals surface area contributed by atoms with Gasteiger partial charge < -0.3 is 9.30 Å². The van der Waals surface area contributed by atoms with Gasteiger partial charge in [0.2, 0.25) is 0 Å². The molecule has 0 aliphatic rings. The van der Waals surface area contributed by atoms with Crippen molar-refractivity contribution in [1.82, 2.24) is 14.5 Å². The van der Waals surface area contributed by atoms with Crippen LogP contribution in [-0.4, -0.2) is 34.1 Å². The number of pyridine rings is 2. The van der Waals surface area contributed by atoms with E-state index in [1.54, 1.807) is 17.7 Å². The largest absolute Gasteiger partial charge is 0.494 e. The second-order valence-corrected chi connectivity index (χ2v) is 8.73. The first-order valence-corrected chi connectivity index (χ1v) is 12.1. The lowest BCUT2D eigenvalue weighted by molar-refractivity contribution is 0.254. The number of ether oxygens (including phenoxy) is 1. The Morgan fingerprint density at radius 2 is 1.67 bits per heavy atom. The molecule has 2 aromatic carbocycles. The third-order valence-corrected chi connectivity index (χ3v) is 6.17. The van der Waals surface area contributed by atoms with Crippen LogP contribution in [0.25, 0.3) is 10.9 Å². The van der Waals surface area contributed by atoms with Crippen LogP contribution in [0.3, 0.4) is 0 Å². The first-order chi connectivity index (χ1) is 16.7. The molecule has 0 aliphatic heterocycles. The molecule has 0 atom stereocenters. The summed E-state index contributed by atoms with van der Waals surface area (Å²) in [4.78, 5) is 18.6. The Balaban J connectivity index is 0.00000228. The molecule has 0 aliphatic carbocycles. The molecule has 0 unspecified atom stereocenters. The summed E-state index contributed by atoms with van der Waals surface area (Å²) in [7, 11) is 1.79. The molecular weight excluding hydrogens is 493 g/mol. The lowest BCUT2D eigenvalue weighted by Gasteiger charge is -2.22. The average molecular weight is 529 g/mol. The fourth-order valence-corrected chi connectivity index (χ4v) is 4.20. The molecule has 36 heavy (non-hydrogen) atoms. The minimum atomic E-state index is 0. The summed E-state index contributed by atoms with van der Waals surface area (Å²) < 4.78 is 7.65.